The Labute approximate surface area is 225 Å². The Morgan fingerprint density at radius 1 is 0.676 bits per heavy atom. The molecule has 9 heteroatoms. The van der Waals surface area contributed by atoms with Crippen LogP contribution >= 0.6 is 7.26 Å². The summed E-state index contributed by atoms with van der Waals surface area (Å²) in [5.41, 5.74) is 0.0994. The zero-order valence-electron chi connectivity index (χ0n) is 19.7. The zero-order chi connectivity index (χ0) is 24.4. The lowest BCUT2D eigenvalue weighted by Gasteiger charge is -2.29. The number of carbonyl (C=O) groups is 2. The van der Waals surface area contributed by atoms with Crippen LogP contribution in [0.4, 0.5) is 5.69 Å². The highest BCUT2D eigenvalue weighted by Crippen LogP contribution is 2.55. The molecule has 4 aromatic rings. The van der Waals surface area contributed by atoms with Crippen molar-refractivity contribution in [3.8, 4) is 0 Å². The number of rotatable bonds is 7. The standard InChI is InChI=1S/C28H22N2O4P.BrH.H2O/c31-27-25-17-16-21(30(33)34)20-26(25)28(32)29(27)18-19-35(22-10-4-1-5-11-22,23-12-6-2-7-13-23)24-14-8-3-9-15-24;;/h1-17,20H,18-19H2;1H;1H2/q+1;;/p-1. The van der Waals surface area contributed by atoms with E-state index in [0.29, 0.717) is 6.16 Å². The van der Waals surface area contributed by atoms with Gasteiger partial charge in [0, 0.05) is 12.1 Å². The molecule has 0 saturated heterocycles. The van der Waals surface area contributed by atoms with Crippen LogP contribution < -0.4 is 32.9 Å². The van der Waals surface area contributed by atoms with Crippen LogP contribution in [0.2, 0.25) is 0 Å². The lowest BCUT2D eigenvalue weighted by atomic mass is 10.1. The highest BCUT2D eigenvalue weighted by Gasteiger charge is 2.47. The van der Waals surface area contributed by atoms with E-state index >= 15 is 0 Å². The number of benzene rings is 4. The maximum Gasteiger partial charge on any atom is 0.270 e. The van der Waals surface area contributed by atoms with E-state index in [2.05, 4.69) is 36.4 Å². The molecule has 4 aromatic carbocycles. The second-order valence-electron chi connectivity index (χ2n) is 8.29. The van der Waals surface area contributed by atoms with E-state index in [0.717, 1.165) is 15.9 Å². The average Bonchev–Trinajstić information content (AvgIpc) is 3.15. The first kappa shape index (κ1) is 27.9. The van der Waals surface area contributed by atoms with Crippen molar-refractivity contribution < 1.29 is 37.0 Å². The molecule has 2 amide bonds. The zero-order valence-corrected chi connectivity index (χ0v) is 22.1. The van der Waals surface area contributed by atoms with E-state index in [4.69, 9.17) is 0 Å². The van der Waals surface area contributed by atoms with Gasteiger partial charge in [0.1, 0.15) is 23.2 Å². The van der Waals surface area contributed by atoms with E-state index in [1.54, 1.807) is 0 Å². The summed E-state index contributed by atoms with van der Waals surface area (Å²) >= 11 is 0. The summed E-state index contributed by atoms with van der Waals surface area (Å²) in [6.45, 7) is 0.201. The first-order valence-corrected chi connectivity index (χ1v) is 13.2. The van der Waals surface area contributed by atoms with Crippen molar-refractivity contribution in [3.63, 3.8) is 0 Å². The van der Waals surface area contributed by atoms with E-state index in [9.17, 15) is 19.7 Å². The normalized spacial score (nSPS) is 12.4. The molecule has 188 valence electrons. The SMILES string of the molecule is O.O=C1c2ccc([N+](=O)[O-])cc2C(=O)N1CC[P+](c1ccccc1)(c1ccccc1)c1ccccc1.[Br-]. The van der Waals surface area contributed by atoms with Gasteiger partial charge in [-0.15, -0.1) is 0 Å². The molecule has 37 heavy (non-hydrogen) atoms. The van der Waals surface area contributed by atoms with E-state index in [1.807, 2.05) is 54.6 Å². The Hall–Kier alpha value is -3.71. The average molecular weight is 579 g/mol. The van der Waals surface area contributed by atoms with Crippen LogP contribution in [0.15, 0.2) is 109 Å². The van der Waals surface area contributed by atoms with Crippen LogP contribution in [0.5, 0.6) is 0 Å². The second-order valence-corrected chi connectivity index (χ2v) is 11.9. The number of hydrogen-bond donors (Lipinski definition) is 0. The van der Waals surface area contributed by atoms with Crippen molar-refractivity contribution in [2.75, 3.05) is 12.7 Å². The molecule has 1 aliphatic rings. The summed E-state index contributed by atoms with van der Waals surface area (Å²) in [5, 5.41) is 14.7. The van der Waals surface area contributed by atoms with Crippen LogP contribution in [-0.4, -0.2) is 39.8 Å². The van der Waals surface area contributed by atoms with Crippen LogP contribution in [-0.2, 0) is 0 Å². The van der Waals surface area contributed by atoms with Gasteiger partial charge >= 0.3 is 0 Å². The number of nitrogens with zero attached hydrogens (tertiary/aromatic N) is 2. The van der Waals surface area contributed by atoms with Gasteiger partial charge in [-0.3, -0.25) is 24.6 Å². The van der Waals surface area contributed by atoms with Crippen molar-refractivity contribution in [2.45, 2.75) is 0 Å². The van der Waals surface area contributed by atoms with Gasteiger partial charge in [-0.25, -0.2) is 0 Å². The number of hydrogen-bond acceptors (Lipinski definition) is 4. The highest BCUT2D eigenvalue weighted by atomic mass is 79.9. The maximum absolute atomic E-state index is 13.2. The molecule has 0 atom stereocenters. The van der Waals surface area contributed by atoms with Gasteiger partial charge in [0.05, 0.1) is 28.8 Å². The van der Waals surface area contributed by atoms with E-state index in [1.165, 1.54) is 23.1 Å². The van der Waals surface area contributed by atoms with Crippen molar-refractivity contribution in [3.05, 3.63) is 130 Å². The molecule has 7 nitrogen and oxygen atoms in total. The van der Waals surface area contributed by atoms with Crippen LogP contribution in [0.3, 0.4) is 0 Å². The van der Waals surface area contributed by atoms with Crippen molar-refractivity contribution in [2.24, 2.45) is 0 Å². The highest BCUT2D eigenvalue weighted by molar-refractivity contribution is 7.95. The molecule has 0 unspecified atom stereocenters. The number of halogens is 1. The quantitative estimate of drug-likeness (QED) is 0.136. The summed E-state index contributed by atoms with van der Waals surface area (Å²) in [4.78, 5) is 38.2. The van der Waals surface area contributed by atoms with Crippen molar-refractivity contribution in [1.29, 1.82) is 0 Å². The van der Waals surface area contributed by atoms with Gasteiger partial charge in [0.25, 0.3) is 17.5 Å². The molecule has 0 spiro atoms. The lowest BCUT2D eigenvalue weighted by molar-refractivity contribution is -0.384. The van der Waals surface area contributed by atoms with Crippen LogP contribution in [0.1, 0.15) is 20.7 Å². The molecular weight excluding hydrogens is 555 g/mol. The first-order valence-electron chi connectivity index (χ1n) is 11.2. The molecule has 5 rings (SSSR count). The number of amides is 2. The maximum atomic E-state index is 13.2. The third kappa shape index (κ3) is 4.96. The number of carbonyl (C=O) groups excluding carboxylic acids is 2. The summed E-state index contributed by atoms with van der Waals surface area (Å²) in [6, 6.07) is 34.5. The second kappa shape index (κ2) is 11.6. The Morgan fingerprint density at radius 2 is 1.11 bits per heavy atom. The minimum absolute atomic E-state index is 0. The summed E-state index contributed by atoms with van der Waals surface area (Å²) in [5.74, 6) is -0.895. The largest absolute Gasteiger partial charge is 1.00 e. The van der Waals surface area contributed by atoms with Crippen molar-refractivity contribution >= 4 is 40.7 Å². The summed E-state index contributed by atoms with van der Waals surface area (Å²) in [7, 11) is -2.23. The van der Waals surface area contributed by atoms with E-state index in [-0.39, 0.29) is 45.8 Å². The monoisotopic (exact) mass is 578 g/mol. The van der Waals surface area contributed by atoms with Gasteiger partial charge < -0.3 is 22.5 Å². The summed E-state index contributed by atoms with van der Waals surface area (Å²) in [6.07, 6.45) is 0.554. The minimum atomic E-state index is -2.23. The smallest absolute Gasteiger partial charge is 0.270 e. The summed E-state index contributed by atoms with van der Waals surface area (Å²) < 4.78 is 0. The van der Waals surface area contributed by atoms with Crippen molar-refractivity contribution in [1.82, 2.24) is 4.90 Å². The van der Waals surface area contributed by atoms with Gasteiger partial charge in [0.2, 0.25) is 0 Å². The molecule has 1 heterocycles. The molecule has 0 aromatic heterocycles. The molecule has 2 N–H and O–H groups in total. The number of fused-ring (bicyclic) bond motifs is 1. The fourth-order valence-corrected chi connectivity index (χ4v) is 8.94. The number of imide groups is 1. The molecule has 1 aliphatic heterocycles. The first-order chi connectivity index (χ1) is 17.0. The number of nitro benzene ring substituents is 1. The number of nitro groups is 1. The fraction of sp³-hybridized carbons (Fsp3) is 0.0714. The van der Waals surface area contributed by atoms with Crippen LogP contribution in [0, 0.1) is 10.1 Å². The van der Waals surface area contributed by atoms with Crippen LogP contribution in [0.25, 0.3) is 0 Å². The lowest BCUT2D eigenvalue weighted by Crippen LogP contribution is -3.00. The Kier molecular flexibility index (Phi) is 8.71. The topological polar surface area (TPSA) is 112 Å². The van der Waals surface area contributed by atoms with E-state index < -0.39 is 24.0 Å². The Balaban J connectivity index is 0.00000190. The predicted molar refractivity (Wildman–Crippen MR) is 142 cm³/mol. The Morgan fingerprint density at radius 3 is 1.54 bits per heavy atom. The predicted octanol–water partition coefficient (Wildman–Crippen LogP) is 0.364. The third-order valence-corrected chi connectivity index (χ3v) is 10.8. The van der Waals surface area contributed by atoms with Gasteiger partial charge in [0.15, 0.2) is 0 Å². The molecule has 0 bridgehead atoms. The molecule has 0 radical (unpaired) electrons. The van der Waals surface area contributed by atoms with Gasteiger partial charge in [-0.1, -0.05) is 54.6 Å². The number of non-ortho nitro benzene ring substituents is 1. The molecule has 0 fully saturated rings. The third-order valence-electron chi connectivity index (χ3n) is 6.42. The van der Waals surface area contributed by atoms with Gasteiger partial charge in [-0.2, -0.15) is 0 Å². The Bertz CT molecular complexity index is 1320. The fourth-order valence-electron chi connectivity index (χ4n) is 4.73. The van der Waals surface area contributed by atoms with Gasteiger partial charge in [-0.05, 0) is 42.5 Å². The minimum Gasteiger partial charge on any atom is -1.00 e. The molecular formula is C28H24BrN2O5P. The molecule has 0 aliphatic carbocycles. The molecule has 0 saturated carbocycles.